The van der Waals surface area contributed by atoms with E-state index >= 15 is 0 Å². The summed E-state index contributed by atoms with van der Waals surface area (Å²) in [5.74, 6) is -1.39. The molecule has 6 nitrogen and oxygen atoms in total. The molecule has 0 unspecified atom stereocenters. The Labute approximate surface area is 93.2 Å². The van der Waals surface area contributed by atoms with Gasteiger partial charge in [0.2, 0.25) is 0 Å². The molecule has 1 aromatic rings. The summed E-state index contributed by atoms with van der Waals surface area (Å²) in [6, 6.07) is 1.13. The maximum absolute atomic E-state index is 11.5. The van der Waals surface area contributed by atoms with Crippen LogP contribution in [0.2, 0.25) is 0 Å². The summed E-state index contributed by atoms with van der Waals surface area (Å²) in [6.45, 7) is 1.90. The number of rotatable bonds is 6. The first-order chi connectivity index (χ1) is 7.44. The first kappa shape index (κ1) is 12.7. The minimum absolute atomic E-state index is 0.0634. The molecule has 1 rings (SSSR count). The molecule has 0 aliphatic rings. The van der Waals surface area contributed by atoms with Crippen molar-refractivity contribution in [1.29, 1.82) is 0 Å². The van der Waals surface area contributed by atoms with Gasteiger partial charge < -0.3 is 9.63 Å². The third kappa shape index (κ3) is 3.65. The molecule has 1 aromatic heterocycles. The van der Waals surface area contributed by atoms with Gasteiger partial charge in [0.1, 0.15) is 5.75 Å². The summed E-state index contributed by atoms with van der Waals surface area (Å²) in [6.07, 6.45) is 1.37. The predicted octanol–water partition coefficient (Wildman–Crippen LogP) is 1.09. The summed E-state index contributed by atoms with van der Waals surface area (Å²) in [5.41, 5.74) is -0.277. The number of hydrogen-bond donors (Lipinski definition) is 1. The van der Waals surface area contributed by atoms with Gasteiger partial charge in [-0.1, -0.05) is 18.5 Å². The van der Waals surface area contributed by atoms with Crippen molar-refractivity contribution in [2.45, 2.75) is 25.5 Å². The van der Waals surface area contributed by atoms with Crippen LogP contribution in [0.15, 0.2) is 10.6 Å². The van der Waals surface area contributed by atoms with E-state index in [9.17, 15) is 13.2 Å². The summed E-state index contributed by atoms with van der Waals surface area (Å²) in [5, 5.41) is 11.8. The van der Waals surface area contributed by atoms with Crippen LogP contribution in [0.3, 0.4) is 0 Å². The van der Waals surface area contributed by atoms with Crippen molar-refractivity contribution in [3.05, 3.63) is 17.5 Å². The Morgan fingerprint density at radius 2 is 2.25 bits per heavy atom. The quantitative estimate of drug-likeness (QED) is 0.808. The van der Waals surface area contributed by atoms with E-state index in [0.29, 0.717) is 6.42 Å². The molecule has 0 spiro atoms. The standard InChI is InChI=1S/C9H13NO5S/c1-2-3-4-16(13,14)6-7-5-8(9(11)12)10-15-7/h5H,2-4,6H2,1H3,(H,11,12). The van der Waals surface area contributed by atoms with E-state index in [1.54, 1.807) is 0 Å². The second-order valence-electron chi connectivity index (χ2n) is 3.43. The van der Waals surface area contributed by atoms with Crippen molar-refractivity contribution in [3.8, 4) is 0 Å². The number of aromatic carboxylic acids is 1. The lowest BCUT2D eigenvalue weighted by molar-refractivity contribution is 0.0685. The van der Waals surface area contributed by atoms with Crippen LogP contribution in [0.1, 0.15) is 36.0 Å². The highest BCUT2D eigenvalue weighted by molar-refractivity contribution is 7.90. The molecule has 1 heterocycles. The predicted molar refractivity (Wildman–Crippen MR) is 55.9 cm³/mol. The summed E-state index contributed by atoms with van der Waals surface area (Å²) in [4.78, 5) is 10.5. The van der Waals surface area contributed by atoms with Gasteiger partial charge in [-0.2, -0.15) is 0 Å². The molecule has 7 heteroatoms. The third-order valence-electron chi connectivity index (χ3n) is 1.95. The van der Waals surface area contributed by atoms with Crippen molar-refractivity contribution in [1.82, 2.24) is 5.16 Å². The van der Waals surface area contributed by atoms with Crippen LogP contribution in [0.5, 0.6) is 0 Å². The maximum atomic E-state index is 11.5. The Bertz CT molecular complexity index is 462. The monoisotopic (exact) mass is 247 g/mol. The molecule has 0 atom stereocenters. The van der Waals surface area contributed by atoms with E-state index in [4.69, 9.17) is 5.11 Å². The average molecular weight is 247 g/mol. The lowest BCUT2D eigenvalue weighted by Gasteiger charge is -1.99. The Balaban J connectivity index is 2.69. The number of hydrogen-bond acceptors (Lipinski definition) is 5. The number of sulfone groups is 1. The van der Waals surface area contributed by atoms with Gasteiger partial charge in [-0.25, -0.2) is 13.2 Å². The van der Waals surface area contributed by atoms with Crippen LogP contribution < -0.4 is 0 Å². The van der Waals surface area contributed by atoms with Gasteiger partial charge in [0.25, 0.3) is 0 Å². The van der Waals surface area contributed by atoms with Crippen LogP contribution in [0, 0.1) is 0 Å². The van der Waals surface area contributed by atoms with Gasteiger partial charge in [-0.15, -0.1) is 0 Å². The first-order valence-corrected chi connectivity index (χ1v) is 6.66. The van der Waals surface area contributed by atoms with E-state index in [-0.39, 0.29) is 23.0 Å². The second-order valence-corrected chi connectivity index (χ2v) is 5.61. The van der Waals surface area contributed by atoms with Crippen LogP contribution in [0.25, 0.3) is 0 Å². The van der Waals surface area contributed by atoms with E-state index in [1.165, 1.54) is 0 Å². The lowest BCUT2D eigenvalue weighted by Crippen LogP contribution is -2.08. The van der Waals surface area contributed by atoms with E-state index in [1.807, 2.05) is 6.92 Å². The highest BCUT2D eigenvalue weighted by Crippen LogP contribution is 2.10. The number of unbranched alkanes of at least 4 members (excludes halogenated alkanes) is 1. The van der Waals surface area contributed by atoms with Crippen LogP contribution in [-0.2, 0) is 15.6 Å². The summed E-state index contributed by atoms with van der Waals surface area (Å²) in [7, 11) is -3.24. The molecule has 0 bridgehead atoms. The molecule has 0 radical (unpaired) electrons. The molecule has 1 N–H and O–H groups in total. The van der Waals surface area contributed by atoms with Gasteiger partial charge in [-0.3, -0.25) is 0 Å². The fraction of sp³-hybridized carbons (Fsp3) is 0.556. The molecule has 0 saturated carbocycles. The molecular weight excluding hydrogens is 234 g/mol. The fourth-order valence-electron chi connectivity index (χ4n) is 1.13. The summed E-state index contributed by atoms with van der Waals surface area (Å²) < 4.78 is 27.6. The zero-order chi connectivity index (χ0) is 12.2. The van der Waals surface area contributed by atoms with Gasteiger partial charge in [0, 0.05) is 6.07 Å². The largest absolute Gasteiger partial charge is 0.476 e. The molecule has 90 valence electrons. The van der Waals surface area contributed by atoms with Crippen molar-refractivity contribution in [2.75, 3.05) is 5.75 Å². The molecule has 0 fully saturated rings. The number of carbonyl (C=O) groups is 1. The first-order valence-electron chi connectivity index (χ1n) is 4.84. The molecule has 16 heavy (non-hydrogen) atoms. The SMILES string of the molecule is CCCCS(=O)(=O)Cc1cc(C(=O)O)no1. The minimum atomic E-state index is -3.24. The zero-order valence-electron chi connectivity index (χ0n) is 8.84. The van der Waals surface area contributed by atoms with Crippen molar-refractivity contribution >= 4 is 15.8 Å². The topological polar surface area (TPSA) is 97.5 Å². The molecular formula is C9H13NO5S. The smallest absolute Gasteiger partial charge is 0.358 e. The van der Waals surface area contributed by atoms with Gasteiger partial charge in [-0.05, 0) is 6.42 Å². The number of carboxylic acid groups (broad SMARTS) is 1. The Morgan fingerprint density at radius 1 is 1.56 bits per heavy atom. The second kappa shape index (κ2) is 5.11. The highest BCUT2D eigenvalue weighted by atomic mass is 32.2. The Hall–Kier alpha value is -1.37. The lowest BCUT2D eigenvalue weighted by atomic mass is 10.4. The zero-order valence-corrected chi connectivity index (χ0v) is 9.66. The van der Waals surface area contributed by atoms with E-state index < -0.39 is 15.8 Å². The maximum Gasteiger partial charge on any atom is 0.358 e. The third-order valence-corrected chi connectivity index (χ3v) is 3.58. The molecule has 0 amide bonds. The Morgan fingerprint density at radius 3 is 2.75 bits per heavy atom. The van der Waals surface area contributed by atoms with Crippen LogP contribution in [0.4, 0.5) is 0 Å². The van der Waals surface area contributed by atoms with Crippen molar-refractivity contribution < 1.29 is 22.8 Å². The minimum Gasteiger partial charge on any atom is -0.476 e. The van der Waals surface area contributed by atoms with E-state index in [2.05, 4.69) is 9.68 Å². The van der Waals surface area contributed by atoms with Gasteiger partial charge in [0.05, 0.1) is 5.75 Å². The number of nitrogens with zero attached hydrogens (tertiary/aromatic N) is 1. The Kier molecular flexibility index (Phi) is 4.05. The van der Waals surface area contributed by atoms with Crippen LogP contribution in [-0.4, -0.2) is 30.4 Å². The van der Waals surface area contributed by atoms with Gasteiger partial charge in [0.15, 0.2) is 21.3 Å². The molecule has 0 aromatic carbocycles. The van der Waals surface area contributed by atoms with Crippen molar-refractivity contribution in [2.24, 2.45) is 0 Å². The summed E-state index contributed by atoms with van der Waals surface area (Å²) >= 11 is 0. The van der Waals surface area contributed by atoms with Crippen molar-refractivity contribution in [3.63, 3.8) is 0 Å². The van der Waals surface area contributed by atoms with Gasteiger partial charge >= 0.3 is 5.97 Å². The normalized spacial score (nSPS) is 11.6. The molecule has 0 aliphatic heterocycles. The van der Waals surface area contributed by atoms with E-state index in [0.717, 1.165) is 12.5 Å². The average Bonchev–Trinajstić information content (AvgIpc) is 2.62. The highest BCUT2D eigenvalue weighted by Gasteiger charge is 2.17. The van der Waals surface area contributed by atoms with Crippen LogP contribution >= 0.6 is 0 Å². The number of carboxylic acids is 1. The molecule has 0 saturated heterocycles. The fourth-order valence-corrected chi connectivity index (χ4v) is 2.58. The molecule has 0 aliphatic carbocycles. The number of aromatic nitrogens is 1.